The Morgan fingerprint density at radius 3 is 1.56 bits per heavy atom. The van der Waals surface area contributed by atoms with Gasteiger partial charge in [-0.25, -0.2) is 0 Å². The summed E-state index contributed by atoms with van der Waals surface area (Å²) in [7, 11) is -1.71. The Bertz CT molecular complexity index is 647. The van der Waals surface area contributed by atoms with Crippen molar-refractivity contribution in [1.29, 1.82) is 0 Å². The summed E-state index contributed by atoms with van der Waals surface area (Å²) in [5.41, 5.74) is 0. The molecule has 232 valence electrons. The van der Waals surface area contributed by atoms with Crippen LogP contribution in [-0.4, -0.2) is 129 Å². The summed E-state index contributed by atoms with van der Waals surface area (Å²) in [6, 6.07) is 0. The third-order valence-electron chi connectivity index (χ3n) is 3.54. The summed E-state index contributed by atoms with van der Waals surface area (Å²) in [5.74, 6) is 4.91. The molecule has 0 rings (SSSR count). The van der Waals surface area contributed by atoms with Gasteiger partial charge in [-0.05, 0) is 0 Å². The van der Waals surface area contributed by atoms with E-state index >= 15 is 0 Å². The Hall–Kier alpha value is 3.41. The maximum atomic E-state index is 12.1. The fourth-order valence-electron chi connectivity index (χ4n) is 1.90. The zero-order chi connectivity index (χ0) is 28.8. The molecule has 2 unspecified atom stereocenters. The molecule has 2 atom stereocenters. The Kier molecular flexibility index (Phi) is 37.3. The molecule has 0 saturated carbocycles. The maximum Gasteiger partial charge on any atom is 0.199 e. The Morgan fingerprint density at radius 2 is 0.974 bits per heavy atom. The predicted octanol–water partition coefficient (Wildman–Crippen LogP) is 5.25. The molecule has 0 amide bonds. The lowest BCUT2D eigenvalue weighted by Crippen LogP contribution is -2.07. The van der Waals surface area contributed by atoms with Gasteiger partial charge in [0.1, 0.15) is 0 Å². The van der Waals surface area contributed by atoms with Crippen molar-refractivity contribution in [2.24, 2.45) is 0 Å². The number of rotatable bonds is 30. The number of hydrogen-bond acceptors (Lipinski definition) is 17. The van der Waals surface area contributed by atoms with E-state index in [1.165, 1.54) is 23.5 Å². The fourth-order valence-corrected chi connectivity index (χ4v) is 17.5. The van der Waals surface area contributed by atoms with Gasteiger partial charge in [0.05, 0.1) is 29.8 Å². The topological polar surface area (TPSA) is 109 Å². The fraction of sp³-hybridized carbons (Fsp3) is 0.900. The molecule has 0 radical (unpaired) electrons. The van der Waals surface area contributed by atoms with Gasteiger partial charge in [-0.3, -0.25) is 18.0 Å². The Morgan fingerprint density at radius 1 is 0.487 bits per heavy atom. The van der Waals surface area contributed by atoms with Crippen molar-refractivity contribution < 1.29 is 28.2 Å². The molecule has 0 saturated heterocycles. The first kappa shape index (κ1) is 42.4. The number of carbonyl (C=O) groups excluding carboxylic acids is 2. The highest BCUT2D eigenvalue weighted by molar-refractivity contribution is 8.30. The molecular formula is C20H38O6S13. The highest BCUT2D eigenvalue weighted by atomic mass is 32.3. The van der Waals surface area contributed by atoms with Gasteiger partial charge in [0.25, 0.3) is 0 Å². The van der Waals surface area contributed by atoms with Crippen molar-refractivity contribution in [2.75, 3.05) is 99.9 Å². The monoisotopic (exact) mass is 790 g/mol. The number of hydrogen-bond donors (Lipinski definition) is 2. The smallest absolute Gasteiger partial charge is 0.199 e. The van der Waals surface area contributed by atoms with E-state index in [9.17, 15) is 18.0 Å². The molecule has 0 aromatic carbocycles. The Labute approximate surface area is 286 Å². The molecule has 6 nitrogen and oxygen atoms in total. The van der Waals surface area contributed by atoms with Crippen LogP contribution < -0.4 is 0 Å². The standard InChI is InChI=1S/C20H38O6S13/c21-1-3-36-19(23)9-29-13-32-12-28-5-8-39(26)18-35-16-33-15-34-17-37-20(24)10-30-14-31-11-27-4-7-38(25)6-2-22/h21-22H,1-18H2. The average molecular weight is 791 g/mol. The van der Waals surface area contributed by atoms with Crippen LogP contribution in [-0.2, 0) is 31.2 Å². The van der Waals surface area contributed by atoms with E-state index in [0.717, 1.165) is 47.1 Å². The molecule has 0 aliphatic heterocycles. The molecule has 2 N–H and O–H groups in total. The zero-order valence-corrected chi connectivity index (χ0v) is 32.2. The third-order valence-corrected chi connectivity index (χ3v) is 20.5. The van der Waals surface area contributed by atoms with Crippen LogP contribution in [0.1, 0.15) is 0 Å². The van der Waals surface area contributed by atoms with Crippen LogP contribution in [0.25, 0.3) is 0 Å². The summed E-state index contributed by atoms with van der Waals surface area (Å²) >= 11 is 18.2. The normalized spacial score (nSPS) is 13.0. The molecule has 0 heterocycles. The summed E-state index contributed by atoms with van der Waals surface area (Å²) < 4.78 is 23.5. The Balaban J connectivity index is 3.33. The largest absolute Gasteiger partial charge is 0.396 e. The van der Waals surface area contributed by atoms with Crippen LogP contribution in [0.2, 0.25) is 0 Å². The van der Waals surface area contributed by atoms with Crippen LogP contribution >= 0.6 is 129 Å². The lowest BCUT2D eigenvalue weighted by atomic mass is 10.9. The minimum atomic E-state index is -0.911. The van der Waals surface area contributed by atoms with Crippen molar-refractivity contribution in [3.8, 4) is 0 Å². The minimum absolute atomic E-state index is 0.0173. The molecule has 19 heteroatoms. The second kappa shape index (κ2) is 34.3. The van der Waals surface area contributed by atoms with Crippen LogP contribution in [0, 0.1) is 0 Å². The molecule has 39 heavy (non-hydrogen) atoms. The van der Waals surface area contributed by atoms with Gasteiger partial charge in [0, 0.05) is 91.7 Å². The molecule has 0 aliphatic rings. The second-order valence-electron chi connectivity index (χ2n) is 6.65. The zero-order valence-electron chi connectivity index (χ0n) is 21.6. The predicted molar refractivity (Wildman–Crippen MR) is 202 cm³/mol. The molecule has 0 fully saturated rings. The number of carbonyl (C=O) groups is 2. The van der Waals surface area contributed by atoms with Gasteiger partial charge in [0.2, 0.25) is 0 Å². The number of aliphatic hydroxyl groups excluding tert-OH is 2. The average Bonchev–Trinajstić information content (AvgIpc) is 2.92. The van der Waals surface area contributed by atoms with E-state index in [1.54, 1.807) is 106 Å². The van der Waals surface area contributed by atoms with Crippen LogP contribution in [0.4, 0.5) is 0 Å². The molecule has 0 aliphatic carbocycles. The quantitative estimate of drug-likeness (QED) is 0.0731. The molecule has 0 bridgehead atoms. The first-order valence-electron chi connectivity index (χ1n) is 11.4. The van der Waals surface area contributed by atoms with Crippen molar-refractivity contribution in [1.82, 2.24) is 0 Å². The van der Waals surface area contributed by atoms with Gasteiger partial charge in [-0.2, -0.15) is 23.5 Å². The highest BCUT2D eigenvalue weighted by Crippen LogP contribution is 2.24. The molecule has 0 spiro atoms. The van der Waals surface area contributed by atoms with Crippen molar-refractivity contribution in [2.45, 2.75) is 0 Å². The van der Waals surface area contributed by atoms with E-state index in [4.69, 9.17) is 10.2 Å². The molecular weight excluding hydrogens is 753 g/mol. The molecule has 0 aromatic heterocycles. The van der Waals surface area contributed by atoms with Crippen molar-refractivity contribution in [3.05, 3.63) is 0 Å². The van der Waals surface area contributed by atoms with Crippen molar-refractivity contribution >= 4 is 161 Å². The summed E-state index contributed by atoms with van der Waals surface area (Å²) in [6.45, 7) is 0.0205. The van der Waals surface area contributed by atoms with E-state index in [1.807, 2.05) is 0 Å². The number of thioether (sulfide) groups is 11. The number of aliphatic hydroxyl groups is 2. The summed E-state index contributed by atoms with van der Waals surface area (Å²) in [5, 5.41) is 24.6. The van der Waals surface area contributed by atoms with Crippen LogP contribution in [0.15, 0.2) is 0 Å². The lowest BCUT2D eigenvalue weighted by molar-refractivity contribution is -0.109. The van der Waals surface area contributed by atoms with Gasteiger partial charge < -0.3 is 10.2 Å². The van der Waals surface area contributed by atoms with E-state index in [2.05, 4.69) is 0 Å². The second-order valence-corrected chi connectivity index (χ2v) is 24.1. The van der Waals surface area contributed by atoms with Crippen LogP contribution in [0.3, 0.4) is 0 Å². The van der Waals surface area contributed by atoms with Gasteiger partial charge in [-0.15, -0.1) is 82.3 Å². The highest BCUT2D eigenvalue weighted by Gasteiger charge is 2.05. The van der Waals surface area contributed by atoms with Crippen LogP contribution in [0.5, 0.6) is 0 Å². The summed E-state index contributed by atoms with van der Waals surface area (Å²) in [6.07, 6.45) is 0. The van der Waals surface area contributed by atoms with Crippen molar-refractivity contribution in [3.63, 3.8) is 0 Å². The summed E-state index contributed by atoms with van der Waals surface area (Å²) in [4.78, 5) is 23.4. The first-order valence-corrected chi connectivity index (χ1v) is 26.8. The van der Waals surface area contributed by atoms with Gasteiger partial charge in [-0.1, -0.05) is 23.5 Å². The SMILES string of the molecule is O=C(CSCSCSCCS(=O)CSCSCSCSC(=O)CSCSCSCCS(=O)CCO)SCCO. The van der Waals surface area contributed by atoms with Gasteiger partial charge >= 0.3 is 0 Å². The lowest BCUT2D eigenvalue weighted by Gasteiger charge is -2.04. The van der Waals surface area contributed by atoms with E-state index in [-0.39, 0.29) is 23.4 Å². The minimum Gasteiger partial charge on any atom is -0.396 e. The molecule has 0 aromatic rings. The van der Waals surface area contributed by atoms with Gasteiger partial charge in [0.15, 0.2) is 10.2 Å². The maximum absolute atomic E-state index is 12.1. The van der Waals surface area contributed by atoms with E-state index < -0.39 is 21.6 Å². The van der Waals surface area contributed by atoms with E-state index in [0.29, 0.717) is 39.6 Å². The first-order chi connectivity index (χ1) is 19.0. The third kappa shape index (κ3) is 34.1.